The highest BCUT2D eigenvalue weighted by Gasteiger charge is 2.77. The molecule has 212 valence electrons. The lowest BCUT2D eigenvalue weighted by Gasteiger charge is -2.37. The van der Waals surface area contributed by atoms with E-state index in [1.165, 1.54) is 0 Å². The van der Waals surface area contributed by atoms with Gasteiger partial charge in [-0.15, -0.1) is 11.8 Å². The molecule has 3 saturated heterocycles. The Morgan fingerprint density at radius 2 is 1.66 bits per heavy atom. The van der Waals surface area contributed by atoms with E-state index < -0.39 is 33.4 Å². The lowest BCUT2D eigenvalue weighted by molar-refractivity contribution is -0.142. The number of rotatable bonds is 8. The summed E-state index contributed by atoms with van der Waals surface area (Å²) in [6.07, 6.45) is 1.33. The lowest BCUT2D eigenvalue weighted by Crippen LogP contribution is -2.53. The molecule has 9 heteroatoms. The van der Waals surface area contributed by atoms with E-state index in [-0.39, 0.29) is 24.3 Å². The molecule has 3 amide bonds. The number of hydrogen-bond donors (Lipinski definition) is 3. The zero-order valence-corrected chi connectivity index (χ0v) is 24.2. The average molecular weight is 590 g/mol. The summed E-state index contributed by atoms with van der Waals surface area (Å²) in [5.41, 5.74) is 2.27. The topological polar surface area (TPSA) is 98.7 Å². The van der Waals surface area contributed by atoms with Crippen molar-refractivity contribution in [2.75, 3.05) is 11.9 Å². The number of nitrogens with zero attached hydrogens (tertiary/aromatic N) is 1. The number of fused-ring (bicyclic) bond motifs is 1. The van der Waals surface area contributed by atoms with Gasteiger partial charge < -0.3 is 20.6 Å². The fourth-order valence-electron chi connectivity index (χ4n) is 7.07. The van der Waals surface area contributed by atoms with Gasteiger partial charge in [-0.2, -0.15) is 0 Å². The van der Waals surface area contributed by atoms with E-state index in [9.17, 15) is 19.5 Å². The molecule has 1 spiro atoms. The molecule has 41 heavy (non-hydrogen) atoms. The highest BCUT2D eigenvalue weighted by Crippen LogP contribution is 2.72. The zero-order valence-electron chi connectivity index (χ0n) is 22.6. The SMILES string of the molecule is C[C@]12CCC3(S1)C(C(=O)Nc1ccc(Cl)cc1)N([C@H](CO)c1ccccc1)C(=O)[C@@H]3[C@H]2C(=O)NCc1ccccc1. The summed E-state index contributed by atoms with van der Waals surface area (Å²) in [4.78, 5) is 44.1. The van der Waals surface area contributed by atoms with Crippen LogP contribution >= 0.6 is 23.4 Å². The first kappa shape index (κ1) is 27.8. The third-order valence-electron chi connectivity index (χ3n) is 8.86. The fourth-order valence-corrected chi connectivity index (χ4v) is 9.54. The number of hydrogen-bond acceptors (Lipinski definition) is 5. The van der Waals surface area contributed by atoms with Crippen LogP contribution < -0.4 is 10.6 Å². The molecule has 2 bridgehead atoms. The number of amides is 3. The molecule has 7 nitrogen and oxygen atoms in total. The fraction of sp³-hybridized carbons (Fsp3) is 0.344. The van der Waals surface area contributed by atoms with Crippen molar-refractivity contribution in [3.8, 4) is 0 Å². The van der Waals surface area contributed by atoms with Crippen LogP contribution in [0.3, 0.4) is 0 Å². The van der Waals surface area contributed by atoms with Crippen LogP contribution in [0.2, 0.25) is 5.02 Å². The van der Waals surface area contributed by atoms with Crippen molar-refractivity contribution in [3.05, 3.63) is 101 Å². The van der Waals surface area contributed by atoms with Gasteiger partial charge in [0.25, 0.3) is 0 Å². The maximum absolute atomic E-state index is 14.5. The number of thioether (sulfide) groups is 1. The molecule has 3 aromatic rings. The number of carbonyl (C=O) groups excluding carboxylic acids is 3. The quantitative estimate of drug-likeness (QED) is 0.350. The van der Waals surface area contributed by atoms with Crippen LogP contribution in [-0.2, 0) is 20.9 Å². The van der Waals surface area contributed by atoms with E-state index >= 15 is 0 Å². The molecule has 2 unspecified atom stereocenters. The smallest absolute Gasteiger partial charge is 0.248 e. The summed E-state index contributed by atoms with van der Waals surface area (Å²) in [7, 11) is 0. The Bertz CT molecular complexity index is 1460. The van der Waals surface area contributed by atoms with Crippen LogP contribution in [0.1, 0.15) is 36.9 Å². The number of halogens is 1. The Hall–Kier alpha value is -3.33. The minimum absolute atomic E-state index is 0.178. The number of carbonyl (C=O) groups is 3. The maximum atomic E-state index is 14.5. The molecule has 0 saturated carbocycles. The van der Waals surface area contributed by atoms with Crippen molar-refractivity contribution in [1.82, 2.24) is 10.2 Å². The van der Waals surface area contributed by atoms with Gasteiger partial charge in [0.15, 0.2) is 0 Å². The Morgan fingerprint density at radius 3 is 2.32 bits per heavy atom. The molecule has 0 radical (unpaired) electrons. The predicted octanol–water partition coefficient (Wildman–Crippen LogP) is 4.81. The molecule has 3 fully saturated rings. The first-order valence-corrected chi connectivity index (χ1v) is 15.0. The molecule has 0 aliphatic carbocycles. The molecule has 3 heterocycles. The van der Waals surface area contributed by atoms with Gasteiger partial charge in [0, 0.05) is 22.0 Å². The maximum Gasteiger partial charge on any atom is 0.248 e. The summed E-state index contributed by atoms with van der Waals surface area (Å²) >= 11 is 7.66. The van der Waals surface area contributed by atoms with Crippen molar-refractivity contribution >= 4 is 46.8 Å². The molecular weight excluding hydrogens is 558 g/mol. The van der Waals surface area contributed by atoms with Crippen LogP contribution in [0.25, 0.3) is 0 Å². The monoisotopic (exact) mass is 589 g/mol. The third kappa shape index (κ3) is 4.72. The van der Waals surface area contributed by atoms with Crippen molar-refractivity contribution in [2.45, 2.75) is 47.9 Å². The minimum atomic E-state index is -0.883. The zero-order chi connectivity index (χ0) is 28.8. The summed E-state index contributed by atoms with van der Waals surface area (Å²) < 4.78 is -1.30. The van der Waals surface area contributed by atoms with Crippen molar-refractivity contribution in [1.29, 1.82) is 0 Å². The number of benzene rings is 3. The first-order valence-electron chi connectivity index (χ1n) is 13.8. The molecular formula is C32H32ClN3O4S. The second-order valence-electron chi connectivity index (χ2n) is 11.3. The third-order valence-corrected chi connectivity index (χ3v) is 11.1. The Morgan fingerprint density at radius 1 is 1.00 bits per heavy atom. The van der Waals surface area contributed by atoms with E-state index in [1.807, 2.05) is 67.6 Å². The molecule has 6 atom stereocenters. The van der Waals surface area contributed by atoms with Crippen molar-refractivity contribution in [3.63, 3.8) is 0 Å². The van der Waals surface area contributed by atoms with E-state index in [1.54, 1.807) is 40.9 Å². The molecule has 3 aromatic carbocycles. The van der Waals surface area contributed by atoms with Crippen LogP contribution in [0.5, 0.6) is 0 Å². The van der Waals surface area contributed by atoms with E-state index in [4.69, 9.17) is 11.6 Å². The number of anilines is 1. The van der Waals surface area contributed by atoms with Crippen molar-refractivity contribution in [2.24, 2.45) is 11.8 Å². The molecule has 3 aliphatic rings. The van der Waals surface area contributed by atoms with E-state index in [0.717, 1.165) is 11.1 Å². The molecule has 3 N–H and O–H groups in total. The van der Waals surface area contributed by atoms with Gasteiger partial charge in [-0.05, 0) is 55.2 Å². The summed E-state index contributed by atoms with van der Waals surface area (Å²) in [5.74, 6) is -2.08. The van der Waals surface area contributed by atoms with E-state index in [0.29, 0.717) is 30.1 Å². The summed E-state index contributed by atoms with van der Waals surface area (Å²) in [6.45, 7) is 2.05. The highest BCUT2D eigenvalue weighted by atomic mass is 35.5. The van der Waals surface area contributed by atoms with E-state index in [2.05, 4.69) is 10.6 Å². The van der Waals surface area contributed by atoms with Gasteiger partial charge >= 0.3 is 0 Å². The summed E-state index contributed by atoms with van der Waals surface area (Å²) in [6, 6.07) is 24.2. The molecule has 6 rings (SSSR count). The normalized spacial score (nSPS) is 28.8. The van der Waals surface area contributed by atoms with Crippen LogP contribution in [0.4, 0.5) is 5.69 Å². The van der Waals surface area contributed by atoms with Crippen LogP contribution in [-0.4, -0.2) is 49.9 Å². The highest BCUT2D eigenvalue weighted by molar-refractivity contribution is 8.02. The van der Waals surface area contributed by atoms with Gasteiger partial charge in [0.1, 0.15) is 6.04 Å². The number of aliphatic hydroxyl groups is 1. The Labute approximate surface area is 248 Å². The molecule has 0 aromatic heterocycles. The summed E-state index contributed by atoms with van der Waals surface area (Å²) in [5, 5.41) is 17.2. The largest absolute Gasteiger partial charge is 0.394 e. The molecule has 3 aliphatic heterocycles. The van der Waals surface area contributed by atoms with Crippen LogP contribution in [0, 0.1) is 11.8 Å². The Kier molecular flexibility index (Phi) is 7.34. The standard InChI is InChI=1S/C32H32ClN3O4S/c1-31-16-17-32(41-31)26(25(31)28(38)34-18-20-8-4-2-5-9-20)30(40)36(24(19-37)21-10-6-3-7-11-21)27(32)29(39)35-23-14-12-22(33)13-15-23/h2-15,24-27,37H,16-19H2,1H3,(H,34,38)(H,35,39)/t24-,25+,26+,27?,31-,32?/m1/s1. The number of aliphatic hydroxyl groups excluding tert-OH is 1. The predicted molar refractivity (Wildman–Crippen MR) is 160 cm³/mol. The van der Waals surface area contributed by atoms with Gasteiger partial charge in [-0.3, -0.25) is 14.4 Å². The average Bonchev–Trinajstić information content (AvgIpc) is 3.55. The van der Waals surface area contributed by atoms with Gasteiger partial charge in [0.05, 0.1) is 29.2 Å². The Balaban J connectivity index is 1.38. The van der Waals surface area contributed by atoms with Gasteiger partial charge in [0.2, 0.25) is 17.7 Å². The lowest BCUT2D eigenvalue weighted by atomic mass is 9.66. The second kappa shape index (κ2) is 10.8. The van der Waals surface area contributed by atoms with Gasteiger partial charge in [-0.1, -0.05) is 72.3 Å². The van der Waals surface area contributed by atoms with Crippen molar-refractivity contribution < 1.29 is 19.5 Å². The number of nitrogens with one attached hydrogen (secondary N) is 2. The van der Waals surface area contributed by atoms with Crippen LogP contribution in [0.15, 0.2) is 84.9 Å². The second-order valence-corrected chi connectivity index (χ2v) is 13.6. The first-order chi connectivity index (χ1) is 19.8. The minimum Gasteiger partial charge on any atom is -0.394 e. The number of likely N-dealkylation sites (tertiary alicyclic amines) is 1. The van der Waals surface area contributed by atoms with Gasteiger partial charge in [-0.25, -0.2) is 0 Å².